The van der Waals surface area contributed by atoms with Crippen molar-refractivity contribution >= 4 is 23.4 Å². The van der Waals surface area contributed by atoms with Crippen LogP contribution in [-0.2, 0) is 13.5 Å². The number of aryl methyl sites for hydroxylation is 1. The SMILES string of the molecule is CCc1nn(-c2cc(OCC3CCCCC3)c(C(=O)Nc3cccc(SC)c3)cc2F)c(=O)n1C. The average molecular weight is 499 g/mol. The number of thioether (sulfide) groups is 1. The van der Waals surface area contributed by atoms with E-state index in [0.29, 0.717) is 30.5 Å². The van der Waals surface area contributed by atoms with E-state index < -0.39 is 17.4 Å². The molecule has 0 radical (unpaired) electrons. The topological polar surface area (TPSA) is 78.2 Å². The summed E-state index contributed by atoms with van der Waals surface area (Å²) in [6, 6.07) is 9.98. The van der Waals surface area contributed by atoms with Gasteiger partial charge in [-0.05, 0) is 49.3 Å². The molecule has 7 nitrogen and oxygen atoms in total. The molecule has 0 saturated heterocycles. The van der Waals surface area contributed by atoms with E-state index >= 15 is 4.39 Å². The Labute approximate surface area is 208 Å². The zero-order valence-electron chi connectivity index (χ0n) is 20.3. The lowest BCUT2D eigenvalue weighted by Gasteiger charge is -2.22. The monoisotopic (exact) mass is 498 g/mol. The largest absolute Gasteiger partial charge is 0.492 e. The van der Waals surface area contributed by atoms with Crippen molar-refractivity contribution in [2.75, 3.05) is 18.2 Å². The van der Waals surface area contributed by atoms with Gasteiger partial charge >= 0.3 is 5.69 Å². The lowest BCUT2D eigenvalue weighted by molar-refractivity contribution is 0.102. The van der Waals surface area contributed by atoms with E-state index in [1.807, 2.05) is 31.4 Å². The highest BCUT2D eigenvalue weighted by atomic mass is 32.2. The molecular weight excluding hydrogens is 467 g/mol. The molecule has 3 aromatic rings. The van der Waals surface area contributed by atoms with Crippen molar-refractivity contribution < 1.29 is 13.9 Å². The van der Waals surface area contributed by atoms with E-state index in [1.165, 1.54) is 17.1 Å². The highest BCUT2D eigenvalue weighted by molar-refractivity contribution is 7.98. The molecule has 35 heavy (non-hydrogen) atoms. The molecule has 0 atom stereocenters. The smallest absolute Gasteiger partial charge is 0.350 e. The van der Waals surface area contributed by atoms with Gasteiger partial charge in [0.2, 0.25) is 0 Å². The van der Waals surface area contributed by atoms with Crippen molar-refractivity contribution in [3.63, 3.8) is 0 Å². The number of nitrogens with one attached hydrogen (secondary N) is 1. The second kappa shape index (κ2) is 11.1. The third-order valence-corrected chi connectivity index (χ3v) is 7.16. The Hall–Kier alpha value is -3.07. The van der Waals surface area contributed by atoms with Crippen LogP contribution >= 0.6 is 11.8 Å². The van der Waals surface area contributed by atoms with Gasteiger partial charge in [0.1, 0.15) is 23.1 Å². The Balaban J connectivity index is 1.70. The molecule has 0 bridgehead atoms. The standard InChI is InChI=1S/C26H31FN4O3S/c1-4-24-29-31(26(33)30(24)2)22-15-23(34-16-17-9-6-5-7-10-17)20(14-21(22)27)25(32)28-18-11-8-12-19(13-18)35-3/h8,11-15,17H,4-7,9-10,16H2,1-3H3,(H,28,32). The van der Waals surface area contributed by atoms with Gasteiger partial charge in [0.25, 0.3) is 5.91 Å². The van der Waals surface area contributed by atoms with E-state index in [0.717, 1.165) is 41.3 Å². The van der Waals surface area contributed by atoms with Crippen molar-refractivity contribution in [3.8, 4) is 11.4 Å². The summed E-state index contributed by atoms with van der Waals surface area (Å²) in [6.45, 7) is 2.31. The van der Waals surface area contributed by atoms with Crippen LogP contribution in [0.5, 0.6) is 5.75 Å². The lowest BCUT2D eigenvalue weighted by Crippen LogP contribution is -2.24. The van der Waals surface area contributed by atoms with Crippen LogP contribution in [0, 0.1) is 11.7 Å². The molecule has 9 heteroatoms. The minimum absolute atomic E-state index is 0.0372. The van der Waals surface area contributed by atoms with E-state index in [4.69, 9.17) is 4.74 Å². The Morgan fingerprint density at radius 2 is 2.00 bits per heavy atom. The predicted molar refractivity (Wildman–Crippen MR) is 136 cm³/mol. The highest BCUT2D eigenvalue weighted by Crippen LogP contribution is 2.30. The first kappa shape index (κ1) is 25.0. The zero-order chi connectivity index (χ0) is 24.9. The Morgan fingerprint density at radius 1 is 1.23 bits per heavy atom. The van der Waals surface area contributed by atoms with Crippen LogP contribution in [0.4, 0.5) is 10.1 Å². The number of aromatic nitrogens is 3. The average Bonchev–Trinajstić information content (AvgIpc) is 3.17. The van der Waals surface area contributed by atoms with Gasteiger partial charge in [-0.3, -0.25) is 9.36 Å². The van der Waals surface area contributed by atoms with Gasteiger partial charge in [0, 0.05) is 30.1 Å². The number of anilines is 1. The van der Waals surface area contributed by atoms with Crippen molar-refractivity contribution in [2.24, 2.45) is 13.0 Å². The van der Waals surface area contributed by atoms with Crippen molar-refractivity contribution in [1.82, 2.24) is 14.3 Å². The van der Waals surface area contributed by atoms with Gasteiger partial charge in [-0.25, -0.2) is 9.18 Å². The van der Waals surface area contributed by atoms with Crippen molar-refractivity contribution in [1.29, 1.82) is 0 Å². The molecule has 1 heterocycles. The molecule has 1 aliphatic carbocycles. The fourth-order valence-electron chi connectivity index (χ4n) is 4.41. The molecule has 4 rings (SSSR count). The molecule has 1 fully saturated rings. The molecule has 1 amide bonds. The summed E-state index contributed by atoms with van der Waals surface area (Å²) in [6.07, 6.45) is 8.15. The van der Waals surface area contributed by atoms with Crippen molar-refractivity contribution in [2.45, 2.75) is 50.3 Å². The molecule has 0 unspecified atom stereocenters. The summed E-state index contributed by atoms with van der Waals surface area (Å²) >= 11 is 1.56. The summed E-state index contributed by atoms with van der Waals surface area (Å²) in [5.41, 5.74) is 0.198. The van der Waals surface area contributed by atoms with Gasteiger partial charge in [-0.15, -0.1) is 16.9 Å². The van der Waals surface area contributed by atoms with Crippen LogP contribution in [0.3, 0.4) is 0 Å². The molecule has 0 spiro atoms. The normalized spacial score (nSPS) is 14.2. The maximum absolute atomic E-state index is 15.3. The first-order valence-corrected chi connectivity index (χ1v) is 13.2. The number of ether oxygens (including phenoxy) is 1. The summed E-state index contributed by atoms with van der Waals surface area (Å²) in [5, 5.41) is 7.12. The van der Waals surface area contributed by atoms with Crippen LogP contribution in [0.2, 0.25) is 0 Å². The highest BCUT2D eigenvalue weighted by Gasteiger charge is 2.23. The van der Waals surface area contributed by atoms with Gasteiger partial charge < -0.3 is 10.1 Å². The maximum Gasteiger partial charge on any atom is 0.350 e. The van der Waals surface area contributed by atoms with Crippen LogP contribution in [0.15, 0.2) is 46.1 Å². The third kappa shape index (κ3) is 5.61. The number of nitrogens with zero attached hydrogens (tertiary/aromatic N) is 3. The second-order valence-electron chi connectivity index (χ2n) is 8.82. The van der Waals surface area contributed by atoms with Gasteiger partial charge in [0.05, 0.1) is 12.2 Å². The second-order valence-corrected chi connectivity index (χ2v) is 9.70. The van der Waals surface area contributed by atoms with Crippen LogP contribution in [0.25, 0.3) is 5.69 Å². The van der Waals surface area contributed by atoms with Gasteiger partial charge in [-0.1, -0.05) is 32.3 Å². The third-order valence-electron chi connectivity index (χ3n) is 6.44. The number of carbonyl (C=O) groups is 1. The van der Waals surface area contributed by atoms with E-state index in [1.54, 1.807) is 24.9 Å². The lowest BCUT2D eigenvalue weighted by atomic mass is 9.90. The number of halogens is 1. The fourth-order valence-corrected chi connectivity index (χ4v) is 4.86. The number of amides is 1. The maximum atomic E-state index is 15.3. The number of hydrogen-bond donors (Lipinski definition) is 1. The zero-order valence-corrected chi connectivity index (χ0v) is 21.2. The summed E-state index contributed by atoms with van der Waals surface area (Å²) in [5.74, 6) is -0.0396. The summed E-state index contributed by atoms with van der Waals surface area (Å²) in [4.78, 5) is 26.9. The summed E-state index contributed by atoms with van der Waals surface area (Å²) < 4.78 is 23.8. The van der Waals surface area contributed by atoms with Gasteiger partial charge in [0.15, 0.2) is 0 Å². The van der Waals surface area contributed by atoms with Crippen LogP contribution in [0.1, 0.15) is 55.2 Å². The van der Waals surface area contributed by atoms with E-state index in [2.05, 4.69) is 10.4 Å². The number of rotatable bonds is 8. The Bertz CT molecular complexity index is 1260. The molecule has 2 aromatic carbocycles. The molecule has 1 aliphatic rings. The minimum atomic E-state index is -0.721. The first-order chi connectivity index (χ1) is 16.9. The predicted octanol–water partition coefficient (Wildman–Crippen LogP) is 5.21. The molecule has 186 valence electrons. The number of hydrogen-bond acceptors (Lipinski definition) is 5. The quantitative estimate of drug-likeness (QED) is 0.432. The molecule has 1 saturated carbocycles. The summed E-state index contributed by atoms with van der Waals surface area (Å²) in [7, 11) is 1.60. The van der Waals surface area contributed by atoms with Gasteiger partial charge in [-0.2, -0.15) is 4.68 Å². The number of benzene rings is 2. The Kier molecular flexibility index (Phi) is 7.95. The van der Waals surface area contributed by atoms with Crippen LogP contribution in [-0.4, -0.2) is 33.1 Å². The van der Waals surface area contributed by atoms with Crippen molar-refractivity contribution in [3.05, 3.63) is 64.1 Å². The molecular formula is C26H31FN4O3S. The van der Waals surface area contributed by atoms with Crippen LogP contribution < -0.4 is 15.7 Å². The minimum Gasteiger partial charge on any atom is -0.492 e. The molecule has 0 aliphatic heterocycles. The van der Waals surface area contributed by atoms with E-state index in [-0.39, 0.29) is 17.0 Å². The fraction of sp³-hybridized carbons (Fsp3) is 0.423. The number of carbonyl (C=O) groups excluding carboxylic acids is 1. The van der Waals surface area contributed by atoms with E-state index in [9.17, 15) is 9.59 Å². The molecule has 1 N–H and O–H groups in total. The molecule has 1 aromatic heterocycles. The Morgan fingerprint density at radius 3 is 2.69 bits per heavy atom. The first-order valence-electron chi connectivity index (χ1n) is 12.0.